The third kappa shape index (κ3) is 3.95. The maximum absolute atomic E-state index is 6.01. The number of aryl methyl sites for hydroxylation is 1. The first kappa shape index (κ1) is 15.3. The molecule has 0 unspecified atom stereocenters. The van der Waals surface area contributed by atoms with E-state index in [9.17, 15) is 0 Å². The van der Waals surface area contributed by atoms with Crippen LogP contribution < -0.4 is 16.0 Å². The van der Waals surface area contributed by atoms with E-state index in [0.29, 0.717) is 12.4 Å². The maximum Gasteiger partial charge on any atom is 0.139 e. The Morgan fingerprint density at radius 2 is 1.95 bits per heavy atom. The molecule has 0 bridgehead atoms. The molecule has 4 heteroatoms. The summed E-state index contributed by atoms with van der Waals surface area (Å²) < 4.78 is 6.01. The van der Waals surface area contributed by atoms with Gasteiger partial charge in [-0.2, -0.15) is 0 Å². The average Bonchev–Trinajstić information content (AvgIpc) is 2.44. The van der Waals surface area contributed by atoms with Crippen molar-refractivity contribution < 1.29 is 4.74 Å². The largest absolute Gasteiger partial charge is 0.489 e. The summed E-state index contributed by atoms with van der Waals surface area (Å²) in [5, 5.41) is 0. The predicted molar refractivity (Wildman–Crippen MR) is 86.3 cm³/mol. The second-order valence-corrected chi connectivity index (χ2v) is 6.23. The van der Waals surface area contributed by atoms with Crippen LogP contribution in [0.1, 0.15) is 37.5 Å². The number of hydrazine groups is 1. The monoisotopic (exact) mass is 285 g/mol. The lowest BCUT2D eigenvalue weighted by atomic mass is 9.86. The van der Waals surface area contributed by atoms with Gasteiger partial charge in [-0.3, -0.25) is 0 Å². The van der Waals surface area contributed by atoms with Crippen LogP contribution in [0.5, 0.6) is 5.75 Å². The van der Waals surface area contributed by atoms with Gasteiger partial charge in [-0.15, -0.1) is 0 Å². The van der Waals surface area contributed by atoms with Crippen LogP contribution in [-0.4, -0.2) is 4.98 Å². The molecule has 2 rings (SSSR count). The third-order valence-corrected chi connectivity index (χ3v) is 3.31. The number of benzene rings is 1. The van der Waals surface area contributed by atoms with E-state index in [1.807, 2.05) is 12.1 Å². The van der Waals surface area contributed by atoms with Crippen LogP contribution in [0.25, 0.3) is 0 Å². The van der Waals surface area contributed by atoms with Crippen LogP contribution in [-0.2, 0) is 12.0 Å². The van der Waals surface area contributed by atoms with Gasteiger partial charge in [-0.05, 0) is 35.6 Å². The number of rotatable bonds is 4. The topological polar surface area (TPSA) is 60.2 Å². The van der Waals surface area contributed by atoms with E-state index in [1.54, 1.807) is 6.20 Å². The van der Waals surface area contributed by atoms with E-state index in [-0.39, 0.29) is 5.41 Å². The van der Waals surface area contributed by atoms with Gasteiger partial charge in [-0.1, -0.05) is 39.0 Å². The summed E-state index contributed by atoms with van der Waals surface area (Å²) >= 11 is 0. The van der Waals surface area contributed by atoms with Crippen molar-refractivity contribution in [1.29, 1.82) is 0 Å². The van der Waals surface area contributed by atoms with Crippen molar-refractivity contribution in [2.45, 2.75) is 39.7 Å². The van der Waals surface area contributed by atoms with Crippen molar-refractivity contribution in [3.63, 3.8) is 0 Å². The lowest BCUT2D eigenvalue weighted by molar-refractivity contribution is 0.297. The average molecular weight is 285 g/mol. The molecule has 0 radical (unpaired) electrons. The number of ether oxygens (including phenoxy) is 1. The van der Waals surface area contributed by atoms with Crippen molar-refractivity contribution in [3.05, 3.63) is 53.2 Å². The zero-order chi connectivity index (χ0) is 15.5. The number of pyridine rings is 1. The minimum atomic E-state index is 0.0502. The summed E-state index contributed by atoms with van der Waals surface area (Å²) in [5.41, 5.74) is 5.98. The molecule has 0 aliphatic rings. The standard InChI is InChI=1S/C17H23N3O/c1-12-5-7-14(17(2,3)4)15(9-12)21-11-13-6-8-16(20-18)19-10-13/h5-10H,11,18H2,1-4H3,(H,19,20). The first-order valence-corrected chi connectivity index (χ1v) is 7.05. The molecule has 21 heavy (non-hydrogen) atoms. The van der Waals surface area contributed by atoms with Gasteiger partial charge in [-0.25, -0.2) is 10.8 Å². The quantitative estimate of drug-likeness (QED) is 0.666. The minimum absolute atomic E-state index is 0.0502. The van der Waals surface area contributed by atoms with Crippen LogP contribution in [0.2, 0.25) is 0 Å². The van der Waals surface area contributed by atoms with Gasteiger partial charge in [0.1, 0.15) is 18.2 Å². The molecule has 0 aliphatic heterocycles. The van der Waals surface area contributed by atoms with E-state index >= 15 is 0 Å². The molecule has 0 spiro atoms. The molecule has 0 atom stereocenters. The van der Waals surface area contributed by atoms with Crippen LogP contribution in [0, 0.1) is 6.92 Å². The first-order chi connectivity index (χ1) is 9.90. The number of anilines is 1. The highest BCUT2D eigenvalue weighted by Crippen LogP contribution is 2.32. The van der Waals surface area contributed by atoms with E-state index in [1.165, 1.54) is 11.1 Å². The highest BCUT2D eigenvalue weighted by molar-refractivity contribution is 5.41. The summed E-state index contributed by atoms with van der Waals surface area (Å²) in [7, 11) is 0. The number of nitrogens with two attached hydrogens (primary N) is 1. The van der Waals surface area contributed by atoms with Crippen molar-refractivity contribution in [1.82, 2.24) is 4.98 Å². The Labute approximate surface area is 126 Å². The molecule has 0 saturated heterocycles. The van der Waals surface area contributed by atoms with Gasteiger partial charge < -0.3 is 10.2 Å². The number of aromatic nitrogens is 1. The Bertz CT molecular complexity index is 600. The predicted octanol–water partition coefficient (Wildman–Crippen LogP) is 3.55. The smallest absolute Gasteiger partial charge is 0.139 e. The molecule has 1 aromatic carbocycles. The van der Waals surface area contributed by atoms with Crippen LogP contribution in [0.15, 0.2) is 36.5 Å². The normalized spacial score (nSPS) is 11.3. The fourth-order valence-electron chi connectivity index (χ4n) is 2.12. The zero-order valence-electron chi connectivity index (χ0n) is 13.1. The van der Waals surface area contributed by atoms with E-state index in [0.717, 1.165) is 11.3 Å². The molecule has 1 heterocycles. The number of hydrogen-bond acceptors (Lipinski definition) is 4. The summed E-state index contributed by atoms with van der Waals surface area (Å²) in [5.74, 6) is 6.88. The van der Waals surface area contributed by atoms with Gasteiger partial charge in [0.15, 0.2) is 0 Å². The molecule has 2 aromatic rings. The van der Waals surface area contributed by atoms with Crippen molar-refractivity contribution in [2.75, 3.05) is 5.43 Å². The maximum atomic E-state index is 6.01. The Morgan fingerprint density at radius 3 is 2.52 bits per heavy atom. The van der Waals surface area contributed by atoms with Gasteiger partial charge in [0.25, 0.3) is 0 Å². The summed E-state index contributed by atoms with van der Waals surface area (Å²) in [6.45, 7) is 9.13. The van der Waals surface area contributed by atoms with E-state index in [4.69, 9.17) is 10.6 Å². The van der Waals surface area contributed by atoms with E-state index < -0.39 is 0 Å². The molecule has 4 nitrogen and oxygen atoms in total. The van der Waals surface area contributed by atoms with Crippen LogP contribution >= 0.6 is 0 Å². The second kappa shape index (κ2) is 6.14. The van der Waals surface area contributed by atoms with E-state index in [2.05, 4.69) is 56.3 Å². The minimum Gasteiger partial charge on any atom is -0.489 e. The molecule has 1 aromatic heterocycles. The van der Waals surface area contributed by atoms with Crippen LogP contribution in [0.3, 0.4) is 0 Å². The number of nitrogen functional groups attached to an aromatic ring is 1. The first-order valence-electron chi connectivity index (χ1n) is 7.05. The number of nitrogens with zero attached hydrogens (tertiary/aromatic N) is 1. The Morgan fingerprint density at radius 1 is 1.19 bits per heavy atom. The SMILES string of the molecule is Cc1ccc(C(C)(C)C)c(OCc2ccc(NN)nc2)c1. The number of hydrogen-bond donors (Lipinski definition) is 2. The summed E-state index contributed by atoms with van der Waals surface area (Å²) in [6.07, 6.45) is 1.77. The van der Waals surface area contributed by atoms with Crippen molar-refractivity contribution in [2.24, 2.45) is 5.84 Å². The highest BCUT2D eigenvalue weighted by Gasteiger charge is 2.19. The third-order valence-electron chi connectivity index (χ3n) is 3.31. The number of nitrogens with one attached hydrogen (secondary N) is 1. The molecular formula is C17H23N3O. The summed E-state index contributed by atoms with van der Waals surface area (Å²) in [6, 6.07) is 10.1. The Kier molecular flexibility index (Phi) is 4.48. The van der Waals surface area contributed by atoms with Crippen molar-refractivity contribution in [3.8, 4) is 5.75 Å². The van der Waals surface area contributed by atoms with Crippen LogP contribution in [0.4, 0.5) is 5.82 Å². The Balaban J connectivity index is 2.17. The second-order valence-electron chi connectivity index (χ2n) is 6.23. The molecule has 112 valence electrons. The molecule has 0 amide bonds. The Hall–Kier alpha value is -2.07. The lowest BCUT2D eigenvalue weighted by Crippen LogP contribution is -2.13. The molecule has 0 saturated carbocycles. The molecule has 3 N–H and O–H groups in total. The van der Waals surface area contributed by atoms with Gasteiger partial charge in [0.05, 0.1) is 0 Å². The fourth-order valence-corrected chi connectivity index (χ4v) is 2.12. The molecule has 0 fully saturated rings. The highest BCUT2D eigenvalue weighted by atomic mass is 16.5. The summed E-state index contributed by atoms with van der Waals surface area (Å²) in [4.78, 5) is 4.18. The van der Waals surface area contributed by atoms with Gasteiger partial charge in [0.2, 0.25) is 0 Å². The molecular weight excluding hydrogens is 262 g/mol. The van der Waals surface area contributed by atoms with Gasteiger partial charge >= 0.3 is 0 Å². The van der Waals surface area contributed by atoms with Gasteiger partial charge in [0, 0.05) is 11.8 Å². The fraction of sp³-hybridized carbons (Fsp3) is 0.353. The zero-order valence-corrected chi connectivity index (χ0v) is 13.1. The lowest BCUT2D eigenvalue weighted by Gasteiger charge is -2.23. The molecule has 0 aliphatic carbocycles. The van der Waals surface area contributed by atoms with Crippen molar-refractivity contribution >= 4 is 5.82 Å².